The van der Waals surface area contributed by atoms with E-state index in [0.29, 0.717) is 28.9 Å². The van der Waals surface area contributed by atoms with Crippen LogP contribution in [0.2, 0.25) is 0 Å². The lowest BCUT2D eigenvalue weighted by atomic mass is 10.1. The fourth-order valence-electron chi connectivity index (χ4n) is 3.17. The van der Waals surface area contributed by atoms with Crippen molar-refractivity contribution < 1.29 is 8.42 Å². The molecule has 1 aliphatic heterocycles. The summed E-state index contributed by atoms with van der Waals surface area (Å²) >= 11 is 0. The Morgan fingerprint density at radius 3 is 2.62 bits per heavy atom. The molecule has 0 saturated carbocycles. The zero-order valence-electron chi connectivity index (χ0n) is 13.5. The second-order valence-corrected chi connectivity index (χ2v) is 8.23. The Bertz CT molecular complexity index is 1020. The summed E-state index contributed by atoms with van der Waals surface area (Å²) in [4.78, 5) is 4.64. The van der Waals surface area contributed by atoms with Gasteiger partial charge in [-0.3, -0.25) is 4.31 Å². The van der Waals surface area contributed by atoms with E-state index in [2.05, 4.69) is 23.9 Å². The Morgan fingerprint density at radius 1 is 1.12 bits per heavy atom. The van der Waals surface area contributed by atoms with Gasteiger partial charge in [0.05, 0.1) is 17.1 Å². The quantitative estimate of drug-likeness (QED) is 0.731. The smallest absolute Gasteiger partial charge is 0.258 e. The number of benzene rings is 2. The number of anilines is 1. The van der Waals surface area contributed by atoms with Crippen molar-refractivity contribution >= 4 is 26.5 Å². The molecule has 0 saturated heterocycles. The van der Waals surface area contributed by atoms with Crippen molar-refractivity contribution in [3.63, 3.8) is 0 Å². The lowest BCUT2D eigenvalue weighted by Crippen LogP contribution is -2.28. The van der Waals surface area contributed by atoms with Gasteiger partial charge in [0.15, 0.2) is 0 Å². The first-order valence-corrected chi connectivity index (χ1v) is 9.33. The van der Waals surface area contributed by atoms with Crippen molar-refractivity contribution in [2.75, 3.05) is 4.31 Å². The van der Waals surface area contributed by atoms with Gasteiger partial charge in [-0.2, -0.15) is 5.10 Å². The molecular formula is C17H18N4O2S. The van der Waals surface area contributed by atoms with Gasteiger partial charge in [-0.1, -0.05) is 38.1 Å². The molecule has 0 N–H and O–H groups in total. The van der Waals surface area contributed by atoms with E-state index in [1.54, 1.807) is 16.8 Å². The SMILES string of the molecule is CC(C)Cn1ncnc1CN1c2cccc3cccc(c23)S1(=O)=O. The maximum Gasteiger partial charge on any atom is 0.265 e. The van der Waals surface area contributed by atoms with Crippen LogP contribution in [0.15, 0.2) is 47.6 Å². The average Bonchev–Trinajstić information content (AvgIpc) is 3.05. The first-order valence-electron chi connectivity index (χ1n) is 7.89. The highest BCUT2D eigenvalue weighted by Crippen LogP contribution is 2.42. The van der Waals surface area contributed by atoms with Gasteiger partial charge in [0.25, 0.3) is 10.0 Å². The third-order valence-corrected chi connectivity index (χ3v) is 6.00. The second kappa shape index (κ2) is 5.31. The molecule has 0 fully saturated rings. The summed E-state index contributed by atoms with van der Waals surface area (Å²) in [7, 11) is -3.57. The van der Waals surface area contributed by atoms with Gasteiger partial charge in [0.1, 0.15) is 12.2 Å². The molecule has 1 aliphatic rings. The minimum atomic E-state index is -3.57. The minimum Gasteiger partial charge on any atom is -0.258 e. The predicted molar refractivity (Wildman–Crippen MR) is 92.2 cm³/mol. The van der Waals surface area contributed by atoms with Crippen LogP contribution in [0.3, 0.4) is 0 Å². The lowest BCUT2D eigenvalue weighted by molar-refractivity contribution is 0.466. The monoisotopic (exact) mass is 342 g/mol. The highest BCUT2D eigenvalue weighted by atomic mass is 32.2. The summed E-state index contributed by atoms with van der Waals surface area (Å²) < 4.78 is 29.2. The van der Waals surface area contributed by atoms with Crippen molar-refractivity contribution in [1.82, 2.24) is 14.8 Å². The standard InChI is InChI=1S/C17H18N4O2S/c1-12(2)9-20-16(18-11-19-20)10-21-14-7-3-5-13-6-4-8-15(17(13)14)24(21,22)23/h3-8,11-12H,9-10H2,1-2H3. The van der Waals surface area contributed by atoms with Gasteiger partial charge in [-0.05, 0) is 23.4 Å². The van der Waals surface area contributed by atoms with E-state index in [-0.39, 0.29) is 6.54 Å². The van der Waals surface area contributed by atoms with Gasteiger partial charge in [0, 0.05) is 11.9 Å². The van der Waals surface area contributed by atoms with E-state index in [1.165, 1.54) is 10.6 Å². The van der Waals surface area contributed by atoms with Crippen molar-refractivity contribution in [3.05, 3.63) is 48.5 Å². The third-order valence-electron chi connectivity index (χ3n) is 4.20. The topological polar surface area (TPSA) is 68.1 Å². The molecule has 7 heteroatoms. The fraction of sp³-hybridized carbons (Fsp3) is 0.294. The minimum absolute atomic E-state index is 0.183. The van der Waals surface area contributed by atoms with Crippen LogP contribution in [-0.2, 0) is 23.1 Å². The van der Waals surface area contributed by atoms with E-state index in [0.717, 1.165) is 10.8 Å². The Morgan fingerprint density at radius 2 is 1.88 bits per heavy atom. The van der Waals surface area contributed by atoms with E-state index >= 15 is 0 Å². The maximum atomic E-state index is 13.0. The zero-order valence-corrected chi connectivity index (χ0v) is 14.4. The number of sulfonamides is 1. The average molecular weight is 342 g/mol. The van der Waals surface area contributed by atoms with E-state index < -0.39 is 10.0 Å². The van der Waals surface area contributed by atoms with Crippen molar-refractivity contribution in [2.45, 2.75) is 31.8 Å². The highest BCUT2D eigenvalue weighted by molar-refractivity contribution is 7.93. The first kappa shape index (κ1) is 15.1. The number of nitrogens with zero attached hydrogens (tertiary/aromatic N) is 4. The largest absolute Gasteiger partial charge is 0.265 e. The number of hydrogen-bond acceptors (Lipinski definition) is 4. The predicted octanol–water partition coefficient (Wildman–Crippen LogP) is 2.80. The molecule has 0 aliphatic carbocycles. The van der Waals surface area contributed by atoms with Crippen LogP contribution in [0.4, 0.5) is 5.69 Å². The molecule has 0 amide bonds. The van der Waals surface area contributed by atoms with Crippen LogP contribution >= 0.6 is 0 Å². The van der Waals surface area contributed by atoms with Gasteiger partial charge >= 0.3 is 0 Å². The fourth-order valence-corrected chi connectivity index (χ4v) is 4.83. The summed E-state index contributed by atoms with van der Waals surface area (Å²) in [5.74, 6) is 1.05. The van der Waals surface area contributed by atoms with Crippen LogP contribution in [0.5, 0.6) is 0 Å². The normalized spacial score (nSPS) is 15.5. The zero-order chi connectivity index (χ0) is 16.9. The molecular weight excluding hydrogens is 324 g/mol. The van der Waals surface area contributed by atoms with E-state index in [4.69, 9.17) is 0 Å². The van der Waals surface area contributed by atoms with Crippen LogP contribution in [0.25, 0.3) is 10.8 Å². The number of rotatable bonds is 4. The third kappa shape index (κ3) is 2.19. The Kier molecular flexibility index (Phi) is 3.35. The molecule has 4 rings (SSSR count). The molecule has 0 spiro atoms. The number of aromatic nitrogens is 3. The summed E-state index contributed by atoms with van der Waals surface area (Å²) in [6.45, 7) is 5.08. The van der Waals surface area contributed by atoms with Crippen molar-refractivity contribution in [3.8, 4) is 0 Å². The molecule has 0 atom stereocenters. The molecule has 124 valence electrons. The molecule has 1 aromatic heterocycles. The van der Waals surface area contributed by atoms with Gasteiger partial charge in [0.2, 0.25) is 0 Å². The molecule has 0 unspecified atom stereocenters. The molecule has 3 aromatic rings. The van der Waals surface area contributed by atoms with E-state index in [1.807, 2.05) is 24.3 Å². The summed E-state index contributed by atoms with van der Waals surface area (Å²) in [5, 5.41) is 5.95. The maximum absolute atomic E-state index is 13.0. The van der Waals surface area contributed by atoms with Crippen LogP contribution in [-0.4, -0.2) is 23.2 Å². The molecule has 0 radical (unpaired) electrons. The lowest BCUT2D eigenvalue weighted by Gasteiger charge is -2.19. The van der Waals surface area contributed by atoms with Gasteiger partial charge in [-0.15, -0.1) is 0 Å². The number of hydrogen-bond donors (Lipinski definition) is 0. The molecule has 2 heterocycles. The van der Waals surface area contributed by atoms with Gasteiger partial charge in [-0.25, -0.2) is 18.1 Å². The molecule has 0 bridgehead atoms. The summed E-state index contributed by atoms with van der Waals surface area (Å²) in [6, 6.07) is 11.0. The van der Waals surface area contributed by atoms with E-state index in [9.17, 15) is 8.42 Å². The van der Waals surface area contributed by atoms with Crippen LogP contribution in [0.1, 0.15) is 19.7 Å². The highest BCUT2D eigenvalue weighted by Gasteiger charge is 2.36. The molecule has 6 nitrogen and oxygen atoms in total. The van der Waals surface area contributed by atoms with Crippen LogP contribution < -0.4 is 4.31 Å². The second-order valence-electron chi connectivity index (χ2n) is 6.40. The Hall–Kier alpha value is -2.41. The van der Waals surface area contributed by atoms with Crippen LogP contribution in [0, 0.1) is 5.92 Å². The van der Waals surface area contributed by atoms with Gasteiger partial charge < -0.3 is 0 Å². The Labute approximate surface area is 140 Å². The molecule has 24 heavy (non-hydrogen) atoms. The first-order chi connectivity index (χ1) is 11.5. The van der Waals surface area contributed by atoms with Crippen molar-refractivity contribution in [1.29, 1.82) is 0 Å². The van der Waals surface area contributed by atoms with Crippen molar-refractivity contribution in [2.24, 2.45) is 5.92 Å². The summed E-state index contributed by atoms with van der Waals surface area (Å²) in [6.07, 6.45) is 1.48. The molecule has 2 aromatic carbocycles. The summed E-state index contributed by atoms with van der Waals surface area (Å²) in [5.41, 5.74) is 0.710. The Balaban J connectivity index is 1.81.